The standard InChI is InChI=1S/C13H14N2O2/c1-17-8-4-7-15-12(9-14)10-5-2-3-6-11(10)13(15)16/h2-3,5-6,12H,4,7-8H2,1H3. The van der Waals surface area contributed by atoms with Crippen LogP contribution < -0.4 is 0 Å². The number of ether oxygens (including phenoxy) is 1. The first-order valence-electron chi connectivity index (χ1n) is 5.58. The van der Waals surface area contributed by atoms with E-state index in [4.69, 9.17) is 4.74 Å². The molecule has 1 heterocycles. The first-order valence-corrected chi connectivity index (χ1v) is 5.58. The molecule has 0 fully saturated rings. The second-order valence-electron chi connectivity index (χ2n) is 3.96. The van der Waals surface area contributed by atoms with E-state index in [2.05, 4.69) is 6.07 Å². The molecule has 0 aliphatic carbocycles. The van der Waals surface area contributed by atoms with Crippen molar-refractivity contribution in [3.63, 3.8) is 0 Å². The Morgan fingerprint density at radius 2 is 2.24 bits per heavy atom. The van der Waals surface area contributed by atoms with Gasteiger partial charge in [0.15, 0.2) is 0 Å². The van der Waals surface area contributed by atoms with Crippen molar-refractivity contribution in [2.75, 3.05) is 20.3 Å². The van der Waals surface area contributed by atoms with Crippen LogP contribution in [0.25, 0.3) is 0 Å². The minimum absolute atomic E-state index is 0.0525. The summed E-state index contributed by atoms with van der Waals surface area (Å²) < 4.78 is 4.96. The first-order chi connectivity index (χ1) is 8.29. The van der Waals surface area contributed by atoms with Gasteiger partial charge in [-0.2, -0.15) is 5.26 Å². The molecular weight excluding hydrogens is 216 g/mol. The van der Waals surface area contributed by atoms with E-state index in [1.165, 1.54) is 0 Å². The molecule has 17 heavy (non-hydrogen) atoms. The quantitative estimate of drug-likeness (QED) is 0.740. The smallest absolute Gasteiger partial charge is 0.255 e. The number of hydrogen-bond acceptors (Lipinski definition) is 3. The fraction of sp³-hybridized carbons (Fsp3) is 0.385. The highest BCUT2D eigenvalue weighted by atomic mass is 16.5. The van der Waals surface area contributed by atoms with Gasteiger partial charge in [0.05, 0.1) is 6.07 Å². The van der Waals surface area contributed by atoms with Crippen LogP contribution in [-0.4, -0.2) is 31.1 Å². The fourth-order valence-electron chi connectivity index (χ4n) is 2.12. The van der Waals surface area contributed by atoms with Gasteiger partial charge in [-0.25, -0.2) is 0 Å². The Morgan fingerprint density at radius 3 is 2.94 bits per heavy atom. The molecule has 0 radical (unpaired) electrons. The van der Waals surface area contributed by atoms with Gasteiger partial charge >= 0.3 is 0 Å². The molecule has 0 saturated carbocycles. The lowest BCUT2D eigenvalue weighted by Gasteiger charge is -2.19. The number of carbonyl (C=O) groups is 1. The number of nitriles is 1. The van der Waals surface area contributed by atoms with Crippen molar-refractivity contribution < 1.29 is 9.53 Å². The van der Waals surface area contributed by atoms with Crippen molar-refractivity contribution in [1.82, 2.24) is 4.90 Å². The zero-order valence-corrected chi connectivity index (χ0v) is 9.72. The summed E-state index contributed by atoms with van der Waals surface area (Å²) in [6, 6.07) is 9.04. The van der Waals surface area contributed by atoms with Crippen LogP contribution in [0.5, 0.6) is 0 Å². The van der Waals surface area contributed by atoms with E-state index in [0.717, 1.165) is 12.0 Å². The Morgan fingerprint density at radius 1 is 1.47 bits per heavy atom. The van der Waals surface area contributed by atoms with Gasteiger partial charge in [0.1, 0.15) is 6.04 Å². The van der Waals surface area contributed by atoms with Crippen LogP contribution in [0.15, 0.2) is 24.3 Å². The summed E-state index contributed by atoms with van der Waals surface area (Å²) in [4.78, 5) is 13.7. The molecule has 1 unspecified atom stereocenters. The molecule has 0 bridgehead atoms. The number of rotatable bonds is 4. The molecule has 88 valence electrons. The van der Waals surface area contributed by atoms with E-state index < -0.39 is 6.04 Å². The van der Waals surface area contributed by atoms with Crippen LogP contribution in [0, 0.1) is 11.3 Å². The van der Waals surface area contributed by atoms with Crippen LogP contribution in [0.1, 0.15) is 28.4 Å². The van der Waals surface area contributed by atoms with Crippen LogP contribution in [-0.2, 0) is 4.74 Å². The molecule has 0 N–H and O–H groups in total. The summed E-state index contributed by atoms with van der Waals surface area (Å²) in [7, 11) is 1.63. The topological polar surface area (TPSA) is 53.3 Å². The lowest BCUT2D eigenvalue weighted by molar-refractivity contribution is 0.0737. The Balaban J connectivity index is 2.21. The number of hydrogen-bond donors (Lipinski definition) is 0. The van der Waals surface area contributed by atoms with Gasteiger partial charge < -0.3 is 9.64 Å². The Labute approximate surface area is 100 Å². The van der Waals surface area contributed by atoms with Gasteiger partial charge in [0.25, 0.3) is 5.91 Å². The second kappa shape index (κ2) is 4.98. The summed E-state index contributed by atoms with van der Waals surface area (Å²) >= 11 is 0. The van der Waals surface area contributed by atoms with Crippen molar-refractivity contribution in [2.45, 2.75) is 12.5 Å². The van der Waals surface area contributed by atoms with Crippen molar-refractivity contribution >= 4 is 5.91 Å². The minimum atomic E-state index is -0.449. The summed E-state index contributed by atoms with van der Waals surface area (Å²) in [5.74, 6) is -0.0525. The normalized spacial score (nSPS) is 18.0. The van der Waals surface area contributed by atoms with Crippen LogP contribution >= 0.6 is 0 Å². The van der Waals surface area contributed by atoms with E-state index in [-0.39, 0.29) is 5.91 Å². The maximum absolute atomic E-state index is 12.1. The third-order valence-electron chi connectivity index (χ3n) is 2.93. The molecule has 1 aromatic carbocycles. The lowest BCUT2D eigenvalue weighted by atomic mass is 10.1. The molecule has 4 nitrogen and oxygen atoms in total. The van der Waals surface area contributed by atoms with Gasteiger partial charge in [0.2, 0.25) is 0 Å². The Bertz CT molecular complexity index is 465. The summed E-state index contributed by atoms with van der Waals surface area (Å²) in [6.45, 7) is 1.15. The third kappa shape index (κ3) is 2.02. The minimum Gasteiger partial charge on any atom is -0.385 e. The molecular formula is C13H14N2O2. The van der Waals surface area contributed by atoms with Crippen LogP contribution in [0.4, 0.5) is 0 Å². The lowest BCUT2D eigenvalue weighted by Crippen LogP contribution is -2.29. The predicted octanol–water partition coefficient (Wildman–Crippen LogP) is 1.74. The third-order valence-corrected chi connectivity index (χ3v) is 2.93. The largest absolute Gasteiger partial charge is 0.385 e. The van der Waals surface area contributed by atoms with Gasteiger partial charge in [-0.1, -0.05) is 18.2 Å². The zero-order valence-electron chi connectivity index (χ0n) is 9.72. The van der Waals surface area contributed by atoms with Gasteiger partial charge in [-0.05, 0) is 12.5 Å². The first kappa shape index (κ1) is 11.6. The highest BCUT2D eigenvalue weighted by molar-refractivity contribution is 5.99. The van der Waals surface area contributed by atoms with Gasteiger partial charge in [0, 0.05) is 31.4 Å². The highest BCUT2D eigenvalue weighted by Crippen LogP contribution is 2.32. The summed E-state index contributed by atoms with van der Waals surface area (Å²) in [5.41, 5.74) is 1.47. The SMILES string of the molecule is COCCCN1C(=O)c2ccccc2C1C#N. The number of fused-ring (bicyclic) bond motifs is 1. The maximum atomic E-state index is 12.1. The zero-order chi connectivity index (χ0) is 12.3. The van der Waals surface area contributed by atoms with E-state index >= 15 is 0 Å². The van der Waals surface area contributed by atoms with E-state index in [1.807, 2.05) is 18.2 Å². The van der Waals surface area contributed by atoms with Gasteiger partial charge in [-0.15, -0.1) is 0 Å². The van der Waals surface area contributed by atoms with Crippen LogP contribution in [0.2, 0.25) is 0 Å². The Hall–Kier alpha value is -1.86. The van der Waals surface area contributed by atoms with Crippen molar-refractivity contribution in [1.29, 1.82) is 5.26 Å². The molecule has 1 amide bonds. The van der Waals surface area contributed by atoms with Crippen molar-refractivity contribution in [3.8, 4) is 6.07 Å². The second-order valence-corrected chi connectivity index (χ2v) is 3.96. The molecule has 1 aromatic rings. The van der Waals surface area contributed by atoms with Crippen molar-refractivity contribution in [3.05, 3.63) is 35.4 Å². The average molecular weight is 230 g/mol. The van der Waals surface area contributed by atoms with Crippen molar-refractivity contribution in [2.24, 2.45) is 0 Å². The molecule has 0 spiro atoms. The summed E-state index contributed by atoms with van der Waals surface area (Å²) in [6.07, 6.45) is 0.744. The molecule has 0 saturated heterocycles. The van der Waals surface area contributed by atoms with E-state index in [0.29, 0.717) is 18.7 Å². The van der Waals surface area contributed by atoms with Crippen LogP contribution in [0.3, 0.4) is 0 Å². The Kier molecular flexibility index (Phi) is 3.40. The number of benzene rings is 1. The van der Waals surface area contributed by atoms with Gasteiger partial charge in [-0.3, -0.25) is 4.79 Å². The number of nitrogens with zero attached hydrogens (tertiary/aromatic N) is 2. The molecule has 0 aromatic heterocycles. The number of amides is 1. The molecule has 1 atom stereocenters. The number of methoxy groups -OCH3 is 1. The summed E-state index contributed by atoms with van der Waals surface area (Å²) in [5, 5.41) is 9.18. The molecule has 1 aliphatic rings. The van der Waals surface area contributed by atoms with E-state index in [9.17, 15) is 10.1 Å². The predicted molar refractivity (Wildman–Crippen MR) is 62.3 cm³/mol. The van der Waals surface area contributed by atoms with E-state index in [1.54, 1.807) is 18.1 Å². The fourth-order valence-corrected chi connectivity index (χ4v) is 2.12. The monoisotopic (exact) mass is 230 g/mol. The number of carbonyl (C=O) groups excluding carboxylic acids is 1. The molecule has 1 aliphatic heterocycles. The highest BCUT2D eigenvalue weighted by Gasteiger charge is 2.35. The maximum Gasteiger partial charge on any atom is 0.255 e. The molecule has 4 heteroatoms. The average Bonchev–Trinajstić information content (AvgIpc) is 2.63. The molecule has 2 rings (SSSR count).